The number of benzene rings is 1. The quantitative estimate of drug-likeness (QED) is 0.871. The van der Waals surface area contributed by atoms with E-state index in [1.165, 1.54) is 0 Å². The number of carbonyl (C=O) groups excluding carboxylic acids is 1. The largest absolute Gasteiger partial charge is 0.490 e. The van der Waals surface area contributed by atoms with E-state index in [1.54, 1.807) is 0 Å². The Morgan fingerprint density at radius 2 is 2.14 bits per heavy atom. The van der Waals surface area contributed by atoms with Crippen LogP contribution in [0.4, 0.5) is 0 Å². The van der Waals surface area contributed by atoms with Crippen LogP contribution in [0.15, 0.2) is 36.4 Å². The fourth-order valence-electron chi connectivity index (χ4n) is 2.76. The van der Waals surface area contributed by atoms with Gasteiger partial charge in [0.2, 0.25) is 5.91 Å². The Morgan fingerprint density at radius 1 is 1.33 bits per heavy atom. The maximum absolute atomic E-state index is 12.3. The summed E-state index contributed by atoms with van der Waals surface area (Å²) in [5, 5.41) is 3.84. The average Bonchev–Trinajstić information content (AvgIpc) is 3.01. The van der Waals surface area contributed by atoms with E-state index in [1.807, 2.05) is 41.3 Å². The molecule has 0 saturated carbocycles. The van der Waals surface area contributed by atoms with Gasteiger partial charge < -0.3 is 9.64 Å². The van der Waals surface area contributed by atoms with Gasteiger partial charge in [0.05, 0.1) is 0 Å². The van der Waals surface area contributed by atoms with Crippen LogP contribution in [0.3, 0.4) is 0 Å². The number of nitrogens with one attached hydrogen (secondary N) is 1. The van der Waals surface area contributed by atoms with E-state index in [0.29, 0.717) is 5.02 Å². The van der Waals surface area contributed by atoms with Gasteiger partial charge in [-0.3, -0.25) is 10.1 Å². The molecule has 0 aromatic heterocycles. The van der Waals surface area contributed by atoms with Gasteiger partial charge >= 0.3 is 0 Å². The van der Waals surface area contributed by atoms with Crippen LogP contribution in [0, 0.1) is 0 Å². The Morgan fingerprint density at radius 3 is 2.81 bits per heavy atom. The second kappa shape index (κ2) is 6.50. The molecule has 21 heavy (non-hydrogen) atoms. The smallest absolute Gasteiger partial charge is 0.243 e. The molecule has 0 aliphatic carbocycles. The summed E-state index contributed by atoms with van der Waals surface area (Å²) in [6.07, 6.45) is 5.80. The van der Waals surface area contributed by atoms with Crippen LogP contribution in [0.25, 0.3) is 0 Å². The minimum atomic E-state index is -0.143. The molecule has 2 heterocycles. The molecule has 2 aliphatic rings. The van der Waals surface area contributed by atoms with Gasteiger partial charge in [0.25, 0.3) is 0 Å². The van der Waals surface area contributed by atoms with Crippen molar-refractivity contribution in [1.29, 1.82) is 0 Å². The van der Waals surface area contributed by atoms with Gasteiger partial charge in [-0.1, -0.05) is 29.8 Å². The SMILES string of the molecule is O=C([C@@H]1C=CCN1)N1CCC(Oc2cccc(Cl)c2)CC1. The topological polar surface area (TPSA) is 41.6 Å². The molecule has 1 atom stereocenters. The first-order chi connectivity index (χ1) is 10.2. The second-order valence-corrected chi connectivity index (χ2v) is 5.85. The zero-order valence-electron chi connectivity index (χ0n) is 11.8. The summed E-state index contributed by atoms with van der Waals surface area (Å²) in [5.74, 6) is 0.970. The van der Waals surface area contributed by atoms with E-state index in [9.17, 15) is 4.79 Å². The highest BCUT2D eigenvalue weighted by atomic mass is 35.5. The molecule has 5 heteroatoms. The third kappa shape index (κ3) is 3.57. The van der Waals surface area contributed by atoms with Gasteiger partial charge in [0, 0.05) is 37.5 Å². The van der Waals surface area contributed by atoms with Crippen LogP contribution in [0.5, 0.6) is 5.75 Å². The number of hydrogen-bond acceptors (Lipinski definition) is 3. The number of carbonyl (C=O) groups is 1. The molecular formula is C16H19ClN2O2. The van der Waals surface area contributed by atoms with E-state index in [2.05, 4.69) is 5.32 Å². The molecule has 1 saturated heterocycles. The van der Waals surface area contributed by atoms with Gasteiger partial charge in [-0.2, -0.15) is 0 Å². The number of likely N-dealkylation sites (tertiary alicyclic amines) is 1. The molecule has 2 aliphatic heterocycles. The van der Waals surface area contributed by atoms with Crippen molar-refractivity contribution in [3.63, 3.8) is 0 Å². The van der Waals surface area contributed by atoms with Crippen molar-refractivity contribution in [2.75, 3.05) is 19.6 Å². The summed E-state index contributed by atoms with van der Waals surface area (Å²) in [4.78, 5) is 14.2. The Balaban J connectivity index is 1.51. The van der Waals surface area contributed by atoms with Gasteiger partial charge in [-0.25, -0.2) is 0 Å². The Hall–Kier alpha value is -1.52. The third-order valence-electron chi connectivity index (χ3n) is 3.90. The highest BCUT2D eigenvalue weighted by molar-refractivity contribution is 6.30. The van der Waals surface area contributed by atoms with E-state index < -0.39 is 0 Å². The van der Waals surface area contributed by atoms with Gasteiger partial charge in [0.1, 0.15) is 17.9 Å². The standard InChI is InChI=1S/C16H19ClN2O2/c17-12-3-1-4-14(11-12)21-13-6-9-19(10-7-13)16(20)15-5-2-8-18-15/h1-5,11,13,15,18H,6-10H2/t15-/m0/s1. The summed E-state index contributed by atoms with van der Waals surface area (Å²) >= 11 is 5.95. The lowest BCUT2D eigenvalue weighted by Gasteiger charge is -2.33. The first kappa shape index (κ1) is 14.4. The van der Waals surface area contributed by atoms with E-state index >= 15 is 0 Å². The lowest BCUT2D eigenvalue weighted by Crippen LogP contribution is -2.48. The average molecular weight is 307 g/mol. The summed E-state index contributed by atoms with van der Waals surface area (Å²) in [5.41, 5.74) is 0. The summed E-state index contributed by atoms with van der Waals surface area (Å²) in [6.45, 7) is 2.27. The molecule has 4 nitrogen and oxygen atoms in total. The molecule has 0 radical (unpaired) electrons. The Kier molecular flexibility index (Phi) is 4.46. The monoisotopic (exact) mass is 306 g/mol. The van der Waals surface area contributed by atoms with Gasteiger partial charge in [-0.05, 0) is 18.2 Å². The van der Waals surface area contributed by atoms with Crippen LogP contribution >= 0.6 is 11.6 Å². The molecule has 1 amide bonds. The molecule has 112 valence electrons. The zero-order valence-corrected chi connectivity index (χ0v) is 12.6. The maximum Gasteiger partial charge on any atom is 0.243 e. The van der Waals surface area contributed by atoms with Crippen molar-refractivity contribution < 1.29 is 9.53 Å². The normalized spacial score (nSPS) is 22.5. The number of amides is 1. The molecule has 1 aromatic rings. The number of nitrogens with zero attached hydrogens (tertiary/aromatic N) is 1. The first-order valence-electron chi connectivity index (χ1n) is 7.33. The number of rotatable bonds is 3. The molecule has 0 spiro atoms. The third-order valence-corrected chi connectivity index (χ3v) is 4.14. The maximum atomic E-state index is 12.3. The molecule has 0 bridgehead atoms. The second-order valence-electron chi connectivity index (χ2n) is 5.41. The van der Waals surface area contributed by atoms with Crippen LogP contribution < -0.4 is 10.1 Å². The molecule has 1 N–H and O–H groups in total. The molecule has 1 aromatic carbocycles. The fourth-order valence-corrected chi connectivity index (χ4v) is 2.94. The molecule has 3 rings (SSSR count). The van der Waals surface area contributed by atoms with Crippen molar-refractivity contribution in [2.24, 2.45) is 0 Å². The van der Waals surface area contributed by atoms with E-state index in [0.717, 1.165) is 38.2 Å². The highest BCUT2D eigenvalue weighted by Crippen LogP contribution is 2.22. The van der Waals surface area contributed by atoms with E-state index in [4.69, 9.17) is 16.3 Å². The first-order valence-corrected chi connectivity index (χ1v) is 7.71. The Bertz CT molecular complexity index is 539. The lowest BCUT2D eigenvalue weighted by molar-refractivity contribution is -0.133. The summed E-state index contributed by atoms with van der Waals surface area (Å²) < 4.78 is 5.94. The summed E-state index contributed by atoms with van der Waals surface area (Å²) in [7, 11) is 0. The number of halogens is 1. The minimum Gasteiger partial charge on any atom is -0.490 e. The Labute approximate surface area is 129 Å². The molecule has 0 unspecified atom stereocenters. The minimum absolute atomic E-state index is 0.143. The van der Waals surface area contributed by atoms with Crippen LogP contribution in [-0.4, -0.2) is 42.6 Å². The fraction of sp³-hybridized carbons (Fsp3) is 0.438. The van der Waals surface area contributed by atoms with Crippen molar-refractivity contribution in [3.8, 4) is 5.75 Å². The van der Waals surface area contributed by atoms with Crippen LogP contribution in [0.2, 0.25) is 5.02 Å². The predicted molar refractivity (Wildman–Crippen MR) is 82.6 cm³/mol. The van der Waals surface area contributed by atoms with Crippen LogP contribution in [-0.2, 0) is 4.79 Å². The summed E-state index contributed by atoms with van der Waals surface area (Å²) in [6, 6.07) is 7.31. The van der Waals surface area contributed by atoms with Crippen molar-refractivity contribution in [1.82, 2.24) is 10.2 Å². The van der Waals surface area contributed by atoms with Crippen molar-refractivity contribution in [3.05, 3.63) is 41.4 Å². The predicted octanol–water partition coefficient (Wildman–Crippen LogP) is 2.24. The van der Waals surface area contributed by atoms with Gasteiger partial charge in [-0.15, -0.1) is 0 Å². The van der Waals surface area contributed by atoms with E-state index in [-0.39, 0.29) is 18.1 Å². The highest BCUT2D eigenvalue weighted by Gasteiger charge is 2.28. The van der Waals surface area contributed by atoms with Crippen LogP contribution in [0.1, 0.15) is 12.8 Å². The van der Waals surface area contributed by atoms with Gasteiger partial charge in [0.15, 0.2) is 0 Å². The zero-order chi connectivity index (χ0) is 14.7. The van der Waals surface area contributed by atoms with Crippen molar-refractivity contribution >= 4 is 17.5 Å². The van der Waals surface area contributed by atoms with Crippen molar-refractivity contribution in [2.45, 2.75) is 25.0 Å². The number of piperidine rings is 1. The molecule has 1 fully saturated rings. The number of ether oxygens (including phenoxy) is 1. The lowest BCUT2D eigenvalue weighted by atomic mass is 10.1. The number of hydrogen-bond donors (Lipinski definition) is 1. The molecular weight excluding hydrogens is 288 g/mol.